The fourth-order valence-electron chi connectivity index (χ4n) is 4.65. The minimum atomic E-state index is -0.309. The van der Waals surface area contributed by atoms with Gasteiger partial charge in [0.2, 0.25) is 5.91 Å². The number of carbonyl (C=O) groups is 2. The van der Waals surface area contributed by atoms with Crippen molar-refractivity contribution in [3.8, 4) is 0 Å². The van der Waals surface area contributed by atoms with Crippen LogP contribution in [-0.2, 0) is 17.8 Å². The van der Waals surface area contributed by atoms with Crippen molar-refractivity contribution in [1.29, 1.82) is 0 Å². The second-order valence-corrected chi connectivity index (χ2v) is 12.3. The molecule has 1 fully saturated rings. The third kappa shape index (κ3) is 6.68. The summed E-state index contributed by atoms with van der Waals surface area (Å²) in [6, 6.07) is 3.05. The van der Waals surface area contributed by atoms with Gasteiger partial charge in [0.05, 0.1) is 10.0 Å². The molecule has 1 aliphatic carbocycles. The van der Waals surface area contributed by atoms with Gasteiger partial charge in [-0.3, -0.25) is 9.59 Å². The topological polar surface area (TPSA) is 77.6 Å². The average molecular weight is 540 g/mol. The molecule has 11 heteroatoms. The summed E-state index contributed by atoms with van der Waals surface area (Å²) in [6.07, 6.45) is 4.15. The van der Waals surface area contributed by atoms with Crippen LogP contribution in [0.1, 0.15) is 44.5 Å². The second-order valence-electron chi connectivity index (χ2n) is 9.42. The first-order chi connectivity index (χ1) is 16.7. The molecule has 190 valence electrons. The van der Waals surface area contributed by atoms with E-state index in [0.29, 0.717) is 28.6 Å². The molecule has 0 bridgehead atoms. The van der Waals surface area contributed by atoms with Crippen LogP contribution >= 0.6 is 34.3 Å². The molecule has 0 spiro atoms. The van der Waals surface area contributed by atoms with Gasteiger partial charge in [-0.1, -0.05) is 11.6 Å². The van der Waals surface area contributed by atoms with E-state index in [2.05, 4.69) is 27.6 Å². The van der Waals surface area contributed by atoms with Crippen LogP contribution in [0.2, 0.25) is 4.34 Å². The Hall–Kier alpha value is -1.85. The van der Waals surface area contributed by atoms with Crippen LogP contribution in [0, 0.1) is 5.92 Å². The normalized spacial score (nSPS) is 23.1. The number of thiophene rings is 1. The Balaban J connectivity index is 1.44. The van der Waals surface area contributed by atoms with Gasteiger partial charge in [-0.2, -0.15) is 0 Å². The van der Waals surface area contributed by atoms with Gasteiger partial charge in [-0.05, 0) is 44.5 Å². The first kappa shape index (κ1) is 26.2. The average Bonchev–Trinajstić information content (AvgIpc) is 3.42. The maximum Gasteiger partial charge on any atom is 0.280 e. The number of halogens is 2. The summed E-state index contributed by atoms with van der Waals surface area (Å²) >= 11 is 8.68. The quantitative estimate of drug-likeness (QED) is 0.559. The molecule has 3 atom stereocenters. The lowest BCUT2D eigenvalue weighted by Gasteiger charge is -2.37. The molecule has 35 heavy (non-hydrogen) atoms. The zero-order valence-corrected chi connectivity index (χ0v) is 22.5. The number of rotatable bonds is 7. The van der Waals surface area contributed by atoms with E-state index in [0.717, 1.165) is 35.0 Å². The van der Waals surface area contributed by atoms with Gasteiger partial charge in [-0.15, -0.1) is 22.7 Å². The Labute approximate surface area is 218 Å². The molecule has 1 saturated carbocycles. The fraction of sp³-hybridized carbons (Fsp3) is 0.542. The molecule has 2 aromatic rings. The van der Waals surface area contributed by atoms with Crippen LogP contribution < -0.4 is 10.6 Å². The predicted octanol–water partition coefficient (Wildman–Crippen LogP) is 3.80. The highest BCUT2D eigenvalue weighted by atomic mass is 35.5. The summed E-state index contributed by atoms with van der Waals surface area (Å²) in [5.74, 6) is -0.668. The van der Waals surface area contributed by atoms with Crippen molar-refractivity contribution in [2.45, 2.75) is 44.3 Å². The highest BCUT2D eigenvalue weighted by molar-refractivity contribution is 7.17. The van der Waals surface area contributed by atoms with Crippen molar-refractivity contribution >= 4 is 52.2 Å². The summed E-state index contributed by atoms with van der Waals surface area (Å²) in [4.78, 5) is 36.1. The lowest BCUT2D eigenvalue weighted by Crippen LogP contribution is -2.54. The second kappa shape index (κ2) is 11.5. The maximum absolute atomic E-state index is 14.6. The number of likely N-dealkylation sites (N-methyl/N-ethyl adjacent to an activating group) is 1. The summed E-state index contributed by atoms with van der Waals surface area (Å²) in [6.45, 7) is 1.77. The number of aromatic nitrogens is 1. The molecule has 3 heterocycles. The smallest absolute Gasteiger partial charge is 0.280 e. The van der Waals surface area contributed by atoms with Gasteiger partial charge in [0.1, 0.15) is 5.83 Å². The van der Waals surface area contributed by atoms with E-state index < -0.39 is 0 Å². The SMILES string of the molecule is CN1CCc2nc(C(=O)N[C@@H]3C[C@@H](C(=O)N(C)C)CC[C@@H]3NC/C(F)=C/c3ccc(Cl)s3)sc2C1. The third-order valence-electron chi connectivity index (χ3n) is 6.50. The largest absolute Gasteiger partial charge is 0.349 e. The number of hydrogen-bond acceptors (Lipinski definition) is 7. The van der Waals surface area contributed by atoms with Crippen LogP contribution in [0.5, 0.6) is 0 Å². The summed E-state index contributed by atoms with van der Waals surface area (Å²) in [5, 5.41) is 6.82. The van der Waals surface area contributed by atoms with E-state index in [4.69, 9.17) is 11.6 Å². The van der Waals surface area contributed by atoms with Crippen molar-refractivity contribution in [3.63, 3.8) is 0 Å². The highest BCUT2D eigenvalue weighted by Gasteiger charge is 2.36. The molecular formula is C24H31ClFN5O2S2. The first-order valence-electron chi connectivity index (χ1n) is 11.7. The zero-order valence-electron chi connectivity index (χ0n) is 20.1. The van der Waals surface area contributed by atoms with Crippen LogP contribution in [0.3, 0.4) is 0 Å². The molecule has 4 rings (SSSR count). The summed E-state index contributed by atoms with van der Waals surface area (Å²) in [5.41, 5.74) is 0.998. The number of nitrogens with zero attached hydrogens (tertiary/aromatic N) is 3. The van der Waals surface area contributed by atoms with E-state index in [9.17, 15) is 14.0 Å². The van der Waals surface area contributed by atoms with Gasteiger partial charge >= 0.3 is 0 Å². The molecule has 2 amide bonds. The predicted molar refractivity (Wildman–Crippen MR) is 140 cm³/mol. The van der Waals surface area contributed by atoms with E-state index in [-0.39, 0.29) is 42.2 Å². The molecule has 7 nitrogen and oxygen atoms in total. The monoisotopic (exact) mass is 539 g/mol. The van der Waals surface area contributed by atoms with Crippen molar-refractivity contribution < 1.29 is 14.0 Å². The maximum atomic E-state index is 14.6. The number of nitrogens with one attached hydrogen (secondary N) is 2. The summed E-state index contributed by atoms with van der Waals surface area (Å²) in [7, 11) is 5.55. The van der Waals surface area contributed by atoms with Gasteiger partial charge in [0.25, 0.3) is 5.91 Å². The van der Waals surface area contributed by atoms with Gasteiger partial charge < -0.3 is 20.4 Å². The minimum absolute atomic E-state index is 0.0384. The lowest BCUT2D eigenvalue weighted by molar-refractivity contribution is -0.134. The van der Waals surface area contributed by atoms with Gasteiger partial charge in [-0.25, -0.2) is 9.37 Å². The number of hydrogen-bond donors (Lipinski definition) is 2. The number of thiazole rings is 1. The minimum Gasteiger partial charge on any atom is -0.349 e. The Bertz CT molecular complexity index is 1100. The van der Waals surface area contributed by atoms with Gasteiger partial charge in [0, 0.05) is 67.9 Å². The van der Waals surface area contributed by atoms with Crippen molar-refractivity contribution in [1.82, 2.24) is 25.4 Å². The molecule has 2 N–H and O–H groups in total. The molecule has 0 radical (unpaired) electrons. The molecule has 0 saturated heterocycles. The fourth-order valence-corrected chi connectivity index (χ4v) is 6.76. The van der Waals surface area contributed by atoms with E-state index in [1.54, 1.807) is 31.1 Å². The van der Waals surface area contributed by atoms with Crippen molar-refractivity contribution in [3.05, 3.63) is 42.8 Å². The van der Waals surface area contributed by atoms with Crippen LogP contribution in [0.25, 0.3) is 6.08 Å². The third-order valence-corrected chi connectivity index (χ3v) is 8.76. The Morgan fingerprint density at radius 1 is 1.29 bits per heavy atom. The summed E-state index contributed by atoms with van der Waals surface area (Å²) < 4.78 is 15.2. The van der Waals surface area contributed by atoms with Gasteiger partial charge in [0.15, 0.2) is 5.01 Å². The van der Waals surface area contributed by atoms with E-state index in [1.165, 1.54) is 28.7 Å². The Kier molecular flexibility index (Phi) is 8.59. The van der Waals surface area contributed by atoms with E-state index >= 15 is 0 Å². The molecule has 2 aromatic heterocycles. The van der Waals surface area contributed by atoms with Crippen LogP contribution in [0.4, 0.5) is 4.39 Å². The van der Waals surface area contributed by atoms with Crippen LogP contribution in [0.15, 0.2) is 18.0 Å². The van der Waals surface area contributed by atoms with Crippen molar-refractivity contribution in [2.75, 3.05) is 34.2 Å². The highest BCUT2D eigenvalue weighted by Crippen LogP contribution is 2.29. The molecular weight excluding hydrogens is 509 g/mol. The van der Waals surface area contributed by atoms with Crippen LogP contribution in [-0.4, -0.2) is 72.9 Å². The molecule has 0 aromatic carbocycles. The molecule has 1 aliphatic heterocycles. The number of carbonyl (C=O) groups excluding carboxylic acids is 2. The number of fused-ring (bicyclic) bond motifs is 1. The standard InChI is InChI=1S/C24H31ClFN5O2S2/c1-30(2)24(33)14-4-6-17(27-12-15(26)11-16-5-7-21(25)34-16)19(10-14)28-22(32)23-29-18-8-9-31(3)13-20(18)35-23/h5,7,11,14,17,19,27H,4,6,8-10,12-13H2,1-3H3,(H,28,32)/b15-11-/t14-,17-,19+/m0/s1. The molecule has 2 aliphatic rings. The first-order valence-corrected chi connectivity index (χ1v) is 13.7. The lowest BCUT2D eigenvalue weighted by atomic mass is 9.81. The zero-order chi connectivity index (χ0) is 25.1. The Morgan fingerprint density at radius 2 is 2.09 bits per heavy atom. The van der Waals surface area contributed by atoms with Crippen molar-refractivity contribution in [2.24, 2.45) is 5.92 Å². The van der Waals surface area contributed by atoms with E-state index in [1.807, 2.05) is 0 Å². The molecule has 0 unspecified atom stereocenters. The Morgan fingerprint density at radius 3 is 2.80 bits per heavy atom. The number of amides is 2.